The molecule has 6 nitrogen and oxygen atoms in total. The molecule has 1 atom stereocenters. The third-order valence-corrected chi connectivity index (χ3v) is 4.78. The number of halogens is 1. The summed E-state index contributed by atoms with van der Waals surface area (Å²) in [6.45, 7) is 2.34. The van der Waals surface area contributed by atoms with Crippen LogP contribution in [0.15, 0.2) is 76.9 Å². The number of ether oxygens (including phenoxy) is 1. The number of hydrogen-bond donors (Lipinski definition) is 1. The van der Waals surface area contributed by atoms with E-state index in [-0.39, 0.29) is 22.8 Å². The van der Waals surface area contributed by atoms with Gasteiger partial charge in [0.15, 0.2) is 0 Å². The van der Waals surface area contributed by atoms with Crippen molar-refractivity contribution >= 4 is 23.1 Å². The Morgan fingerprint density at radius 1 is 1.13 bits per heavy atom. The number of furan rings is 1. The van der Waals surface area contributed by atoms with E-state index in [0.717, 1.165) is 11.0 Å². The maximum atomic E-state index is 13.8. The predicted octanol–water partition coefficient (Wildman–Crippen LogP) is 4.44. The number of anilines is 1. The Kier molecular flexibility index (Phi) is 5.10. The summed E-state index contributed by atoms with van der Waals surface area (Å²) >= 11 is 0. The molecule has 7 heteroatoms. The highest BCUT2D eigenvalue weighted by molar-refractivity contribution is 6.51. The summed E-state index contributed by atoms with van der Waals surface area (Å²) in [4.78, 5) is 26.9. The highest BCUT2D eigenvalue weighted by Crippen LogP contribution is 2.42. The van der Waals surface area contributed by atoms with Crippen LogP contribution in [-0.2, 0) is 9.59 Å². The summed E-state index contributed by atoms with van der Waals surface area (Å²) in [5.41, 5.74) is 0.389. The van der Waals surface area contributed by atoms with Crippen molar-refractivity contribution in [2.45, 2.75) is 13.0 Å². The Morgan fingerprint density at radius 3 is 2.53 bits per heavy atom. The molecule has 1 aliphatic rings. The number of ketones is 1. The first-order valence-electron chi connectivity index (χ1n) is 9.34. The van der Waals surface area contributed by atoms with Crippen molar-refractivity contribution in [3.05, 3.63) is 89.6 Å². The van der Waals surface area contributed by atoms with Crippen LogP contribution in [0.4, 0.5) is 10.1 Å². The molecule has 1 N–H and O–H groups in total. The van der Waals surface area contributed by atoms with Gasteiger partial charge in [0.2, 0.25) is 0 Å². The third-order valence-electron chi connectivity index (χ3n) is 4.78. The molecule has 0 aliphatic carbocycles. The average molecular weight is 407 g/mol. The lowest BCUT2D eigenvalue weighted by Gasteiger charge is -2.23. The second kappa shape index (κ2) is 7.87. The van der Waals surface area contributed by atoms with E-state index in [4.69, 9.17) is 9.15 Å². The van der Waals surface area contributed by atoms with Crippen molar-refractivity contribution < 1.29 is 28.2 Å². The first-order valence-corrected chi connectivity index (χ1v) is 9.34. The molecule has 2 aromatic carbocycles. The molecule has 0 saturated carbocycles. The van der Waals surface area contributed by atoms with Crippen LogP contribution in [0, 0.1) is 5.82 Å². The van der Waals surface area contributed by atoms with Gasteiger partial charge in [-0.05, 0) is 61.5 Å². The number of nitrogens with zero attached hydrogens (tertiary/aromatic N) is 1. The second-order valence-corrected chi connectivity index (χ2v) is 6.62. The number of benzene rings is 2. The fourth-order valence-electron chi connectivity index (χ4n) is 3.47. The van der Waals surface area contributed by atoms with Gasteiger partial charge in [0.05, 0.1) is 18.4 Å². The topological polar surface area (TPSA) is 80.0 Å². The lowest BCUT2D eigenvalue weighted by Crippen LogP contribution is -2.29. The minimum atomic E-state index is -1.03. The maximum absolute atomic E-state index is 13.8. The molecule has 1 unspecified atom stereocenters. The fraction of sp³-hybridized carbons (Fsp3) is 0.130. The van der Waals surface area contributed by atoms with E-state index in [2.05, 4.69) is 0 Å². The highest BCUT2D eigenvalue weighted by atomic mass is 19.1. The van der Waals surface area contributed by atoms with Crippen LogP contribution in [0.2, 0.25) is 0 Å². The lowest BCUT2D eigenvalue weighted by atomic mass is 9.99. The summed E-state index contributed by atoms with van der Waals surface area (Å²) in [5, 5.41) is 10.9. The van der Waals surface area contributed by atoms with Crippen molar-refractivity contribution in [1.29, 1.82) is 0 Å². The zero-order chi connectivity index (χ0) is 21.3. The number of Topliss-reactive ketones (excluding diaryl/α,β-unsaturated/α-hetero) is 1. The van der Waals surface area contributed by atoms with Gasteiger partial charge in [-0.3, -0.25) is 14.5 Å². The van der Waals surface area contributed by atoms with Crippen LogP contribution in [0.3, 0.4) is 0 Å². The van der Waals surface area contributed by atoms with Crippen LogP contribution >= 0.6 is 0 Å². The number of carbonyl (C=O) groups is 2. The molecule has 30 heavy (non-hydrogen) atoms. The van der Waals surface area contributed by atoms with Crippen molar-refractivity contribution in [2.24, 2.45) is 0 Å². The first kappa shape index (κ1) is 19.4. The van der Waals surface area contributed by atoms with Gasteiger partial charge >= 0.3 is 0 Å². The first-order chi connectivity index (χ1) is 14.5. The monoisotopic (exact) mass is 407 g/mol. The van der Waals surface area contributed by atoms with Gasteiger partial charge < -0.3 is 14.3 Å². The molecule has 152 valence electrons. The molecular weight excluding hydrogens is 389 g/mol. The zero-order valence-electron chi connectivity index (χ0n) is 16.0. The van der Waals surface area contributed by atoms with Crippen LogP contribution in [0.1, 0.15) is 24.3 Å². The number of aliphatic hydroxyl groups excluding tert-OH is 1. The van der Waals surface area contributed by atoms with E-state index >= 15 is 0 Å². The van der Waals surface area contributed by atoms with Gasteiger partial charge in [-0.1, -0.05) is 6.07 Å². The summed E-state index contributed by atoms with van der Waals surface area (Å²) < 4.78 is 24.7. The number of carbonyl (C=O) groups excluding carboxylic acids is 2. The maximum Gasteiger partial charge on any atom is 0.300 e. The van der Waals surface area contributed by atoms with Crippen LogP contribution in [0.25, 0.3) is 5.76 Å². The van der Waals surface area contributed by atoms with Gasteiger partial charge in [-0.2, -0.15) is 0 Å². The smallest absolute Gasteiger partial charge is 0.300 e. The Balaban J connectivity index is 1.86. The summed E-state index contributed by atoms with van der Waals surface area (Å²) in [5.74, 6) is -1.79. The molecule has 1 aliphatic heterocycles. The molecule has 4 rings (SSSR count). The summed E-state index contributed by atoms with van der Waals surface area (Å²) in [6.07, 6.45) is 1.40. The molecule has 0 radical (unpaired) electrons. The fourth-order valence-corrected chi connectivity index (χ4v) is 3.47. The molecule has 3 aromatic rings. The van der Waals surface area contributed by atoms with E-state index in [9.17, 15) is 19.1 Å². The van der Waals surface area contributed by atoms with Gasteiger partial charge in [0, 0.05) is 11.3 Å². The van der Waals surface area contributed by atoms with E-state index < -0.39 is 23.5 Å². The predicted molar refractivity (Wildman–Crippen MR) is 108 cm³/mol. The molecule has 0 bridgehead atoms. The minimum absolute atomic E-state index is 0.136. The normalized spacial score (nSPS) is 18.1. The molecular formula is C23H18FNO5. The lowest BCUT2D eigenvalue weighted by molar-refractivity contribution is -0.132. The molecule has 0 spiro atoms. The Labute approximate surface area is 171 Å². The van der Waals surface area contributed by atoms with Gasteiger partial charge in [0.1, 0.15) is 29.1 Å². The Morgan fingerprint density at radius 2 is 1.90 bits per heavy atom. The third kappa shape index (κ3) is 3.34. The average Bonchev–Trinajstić information content (AvgIpc) is 3.35. The zero-order valence-corrected chi connectivity index (χ0v) is 16.0. The van der Waals surface area contributed by atoms with E-state index in [1.807, 2.05) is 6.92 Å². The van der Waals surface area contributed by atoms with E-state index in [1.54, 1.807) is 36.4 Å². The largest absolute Gasteiger partial charge is 0.507 e. The SMILES string of the molecule is CCOc1ccc(/C(O)=C2/C(=O)C(=O)N(c3cccc(F)c3)C2c2ccco2)cc1. The van der Waals surface area contributed by atoms with E-state index in [1.165, 1.54) is 24.5 Å². The van der Waals surface area contributed by atoms with Crippen molar-refractivity contribution in [1.82, 2.24) is 0 Å². The van der Waals surface area contributed by atoms with Crippen molar-refractivity contribution in [3.8, 4) is 5.75 Å². The standard InChI is InChI=1S/C23H18FNO5/c1-2-29-17-10-8-14(9-11-17)21(26)19-20(18-7-4-12-30-18)25(23(28)22(19)27)16-6-3-5-15(24)13-16/h3-13,20,26H,2H2,1H3/b21-19-. The van der Waals surface area contributed by atoms with Gasteiger partial charge in [0.25, 0.3) is 11.7 Å². The van der Waals surface area contributed by atoms with Gasteiger partial charge in [-0.25, -0.2) is 4.39 Å². The van der Waals surface area contributed by atoms with Crippen LogP contribution < -0.4 is 9.64 Å². The molecule has 1 aromatic heterocycles. The Bertz CT molecular complexity index is 1120. The molecule has 1 saturated heterocycles. The Hall–Kier alpha value is -3.87. The van der Waals surface area contributed by atoms with Gasteiger partial charge in [-0.15, -0.1) is 0 Å². The van der Waals surface area contributed by atoms with Crippen molar-refractivity contribution in [3.63, 3.8) is 0 Å². The number of rotatable bonds is 5. The highest BCUT2D eigenvalue weighted by Gasteiger charge is 2.48. The van der Waals surface area contributed by atoms with Crippen LogP contribution in [-0.4, -0.2) is 23.4 Å². The second-order valence-electron chi connectivity index (χ2n) is 6.62. The summed E-state index contributed by atoms with van der Waals surface area (Å²) in [6, 6.07) is 14.0. The number of aliphatic hydroxyl groups is 1. The number of hydrogen-bond acceptors (Lipinski definition) is 5. The molecule has 1 fully saturated rings. The molecule has 1 amide bonds. The minimum Gasteiger partial charge on any atom is -0.507 e. The molecule has 2 heterocycles. The summed E-state index contributed by atoms with van der Waals surface area (Å²) in [7, 11) is 0. The van der Waals surface area contributed by atoms with Crippen molar-refractivity contribution in [2.75, 3.05) is 11.5 Å². The van der Waals surface area contributed by atoms with Crippen LogP contribution in [0.5, 0.6) is 5.75 Å². The van der Waals surface area contributed by atoms with E-state index in [0.29, 0.717) is 17.9 Å². The quantitative estimate of drug-likeness (QED) is 0.384. The number of amides is 1.